The quantitative estimate of drug-likeness (QED) is 0.480. The third-order valence-electron chi connectivity index (χ3n) is 2.14. The highest BCUT2D eigenvalue weighted by Crippen LogP contribution is 2.21. The van der Waals surface area contributed by atoms with Gasteiger partial charge in [-0.15, -0.1) is 5.73 Å². The van der Waals surface area contributed by atoms with Crippen LogP contribution in [0.15, 0.2) is 16.9 Å². The molecule has 0 heterocycles. The van der Waals surface area contributed by atoms with E-state index in [0.717, 1.165) is 12.8 Å². The number of rotatable bonds is 1. The molecule has 0 aromatic rings. The average molecular weight is 166 g/mol. The fourth-order valence-corrected chi connectivity index (χ4v) is 1.42. The molecule has 0 aliphatic heterocycles. The largest absolute Gasteiger partial charge is 0.477 e. The molecule has 0 atom stereocenters. The number of carbonyl (C=O) groups is 1. The van der Waals surface area contributed by atoms with Crippen LogP contribution in [0, 0.1) is 0 Å². The molecule has 2 nitrogen and oxygen atoms in total. The van der Waals surface area contributed by atoms with Gasteiger partial charge in [0.2, 0.25) is 0 Å². The van der Waals surface area contributed by atoms with E-state index in [2.05, 4.69) is 5.73 Å². The third kappa shape index (κ3) is 2.55. The molecule has 1 fully saturated rings. The smallest absolute Gasteiger partial charge is 0.339 e. The second kappa shape index (κ2) is 4.13. The Labute approximate surface area is 72.6 Å². The van der Waals surface area contributed by atoms with Crippen LogP contribution in [-0.2, 0) is 4.79 Å². The Morgan fingerprint density at radius 2 is 1.92 bits per heavy atom. The molecular weight excluding hydrogens is 152 g/mol. The highest BCUT2D eigenvalue weighted by Gasteiger charge is 2.05. The molecule has 0 aromatic heterocycles. The summed E-state index contributed by atoms with van der Waals surface area (Å²) >= 11 is 0. The summed E-state index contributed by atoms with van der Waals surface area (Å²) in [6, 6.07) is 0. The zero-order valence-corrected chi connectivity index (χ0v) is 7.39. The first-order chi connectivity index (χ1) is 5.70. The fourth-order valence-electron chi connectivity index (χ4n) is 1.42. The van der Waals surface area contributed by atoms with Crippen LogP contribution in [0.5, 0.6) is 0 Å². The van der Waals surface area contributed by atoms with Crippen molar-refractivity contribution < 1.29 is 9.90 Å². The molecule has 0 unspecified atom stereocenters. The van der Waals surface area contributed by atoms with Crippen LogP contribution in [0.2, 0.25) is 0 Å². The van der Waals surface area contributed by atoms with Crippen LogP contribution in [0.3, 0.4) is 0 Å². The summed E-state index contributed by atoms with van der Waals surface area (Å²) in [5.41, 5.74) is 4.47. The van der Waals surface area contributed by atoms with Gasteiger partial charge in [0, 0.05) is 0 Å². The third-order valence-corrected chi connectivity index (χ3v) is 2.14. The molecule has 12 heavy (non-hydrogen) atoms. The maximum absolute atomic E-state index is 10.5. The first kappa shape index (κ1) is 9.08. The zero-order chi connectivity index (χ0) is 8.97. The van der Waals surface area contributed by atoms with E-state index in [4.69, 9.17) is 5.11 Å². The molecule has 0 bridgehead atoms. The average Bonchev–Trinajstić information content (AvgIpc) is 2.06. The van der Waals surface area contributed by atoms with E-state index in [-0.39, 0.29) is 0 Å². The molecular formula is C10H14O2. The van der Waals surface area contributed by atoms with E-state index >= 15 is 0 Å². The predicted molar refractivity (Wildman–Crippen MR) is 46.9 cm³/mol. The summed E-state index contributed by atoms with van der Waals surface area (Å²) < 4.78 is 0. The van der Waals surface area contributed by atoms with Crippen molar-refractivity contribution in [3.8, 4) is 0 Å². The fraction of sp³-hybridized carbons (Fsp3) is 0.600. The first-order valence-corrected chi connectivity index (χ1v) is 4.38. The minimum absolute atomic E-state index is 0.340. The van der Waals surface area contributed by atoms with Crippen LogP contribution in [-0.4, -0.2) is 11.1 Å². The Bertz CT molecular complexity index is 237. The van der Waals surface area contributed by atoms with Crippen molar-refractivity contribution in [2.45, 2.75) is 39.0 Å². The Morgan fingerprint density at radius 3 is 2.42 bits per heavy atom. The Morgan fingerprint density at radius 1 is 1.33 bits per heavy atom. The second-order valence-corrected chi connectivity index (χ2v) is 3.22. The highest BCUT2D eigenvalue weighted by molar-refractivity contribution is 5.85. The topological polar surface area (TPSA) is 37.3 Å². The second-order valence-electron chi connectivity index (χ2n) is 3.22. The monoisotopic (exact) mass is 166 g/mol. The van der Waals surface area contributed by atoms with Crippen molar-refractivity contribution in [1.29, 1.82) is 0 Å². The summed E-state index contributed by atoms with van der Waals surface area (Å²) in [5, 5.41) is 8.60. The number of aliphatic carboxylic acids is 1. The summed E-state index contributed by atoms with van der Waals surface area (Å²) in [5.74, 6) is -0.854. The van der Waals surface area contributed by atoms with Crippen LogP contribution < -0.4 is 0 Å². The van der Waals surface area contributed by atoms with E-state index in [1.54, 1.807) is 6.92 Å². The van der Waals surface area contributed by atoms with Crippen LogP contribution in [0.25, 0.3) is 0 Å². The van der Waals surface area contributed by atoms with Crippen LogP contribution in [0.1, 0.15) is 39.0 Å². The summed E-state index contributed by atoms with van der Waals surface area (Å²) in [6.45, 7) is 1.60. The van der Waals surface area contributed by atoms with Crippen LogP contribution in [0.4, 0.5) is 0 Å². The Kier molecular flexibility index (Phi) is 3.12. The van der Waals surface area contributed by atoms with E-state index in [1.807, 2.05) is 0 Å². The van der Waals surface area contributed by atoms with Gasteiger partial charge in [0.05, 0.1) is 5.57 Å². The lowest BCUT2D eigenvalue weighted by Crippen LogP contribution is -1.97. The van der Waals surface area contributed by atoms with Gasteiger partial charge in [0.1, 0.15) is 0 Å². The zero-order valence-electron chi connectivity index (χ0n) is 7.39. The van der Waals surface area contributed by atoms with Crippen molar-refractivity contribution in [3.63, 3.8) is 0 Å². The van der Waals surface area contributed by atoms with Crippen molar-refractivity contribution in [2.24, 2.45) is 0 Å². The summed E-state index contributed by atoms with van der Waals surface area (Å²) in [7, 11) is 0. The standard InChI is InChI=1S/C10H14O2/c1-8(10(11)12)7-9-5-3-2-4-6-9/h2-6H2,1H3,(H,11,12). The maximum atomic E-state index is 10.5. The van der Waals surface area contributed by atoms with Crippen molar-refractivity contribution in [2.75, 3.05) is 0 Å². The van der Waals surface area contributed by atoms with Gasteiger partial charge in [-0.2, -0.15) is 0 Å². The Balaban J connectivity index is 2.76. The van der Waals surface area contributed by atoms with Gasteiger partial charge in [-0.3, -0.25) is 0 Å². The molecule has 1 saturated carbocycles. The van der Waals surface area contributed by atoms with Gasteiger partial charge in [-0.1, -0.05) is 6.42 Å². The number of carboxylic acid groups (broad SMARTS) is 1. The summed E-state index contributed by atoms with van der Waals surface area (Å²) in [6.07, 6.45) is 5.72. The van der Waals surface area contributed by atoms with Gasteiger partial charge in [-0.05, 0) is 38.2 Å². The molecule has 1 rings (SSSR count). The van der Waals surface area contributed by atoms with Gasteiger partial charge in [-0.25, -0.2) is 4.79 Å². The molecule has 0 aromatic carbocycles. The van der Waals surface area contributed by atoms with Crippen molar-refractivity contribution in [1.82, 2.24) is 0 Å². The van der Waals surface area contributed by atoms with E-state index in [1.165, 1.54) is 24.8 Å². The minimum Gasteiger partial charge on any atom is -0.477 e. The maximum Gasteiger partial charge on any atom is 0.339 e. The van der Waals surface area contributed by atoms with Gasteiger partial charge in [0.25, 0.3) is 0 Å². The van der Waals surface area contributed by atoms with E-state index in [0.29, 0.717) is 5.57 Å². The minimum atomic E-state index is -0.854. The van der Waals surface area contributed by atoms with Crippen LogP contribution >= 0.6 is 0 Å². The van der Waals surface area contributed by atoms with Gasteiger partial charge in [0.15, 0.2) is 0 Å². The molecule has 1 N–H and O–H groups in total. The first-order valence-electron chi connectivity index (χ1n) is 4.38. The lowest BCUT2D eigenvalue weighted by Gasteiger charge is -2.10. The summed E-state index contributed by atoms with van der Waals surface area (Å²) in [4.78, 5) is 10.5. The molecule has 0 amide bonds. The highest BCUT2D eigenvalue weighted by atomic mass is 16.4. The normalized spacial score (nSPS) is 16.9. The van der Waals surface area contributed by atoms with Gasteiger partial charge >= 0.3 is 5.97 Å². The number of hydrogen-bond donors (Lipinski definition) is 1. The molecule has 0 saturated heterocycles. The van der Waals surface area contributed by atoms with Crippen molar-refractivity contribution in [3.05, 3.63) is 16.9 Å². The Hall–Kier alpha value is -1.01. The molecule has 1 aliphatic carbocycles. The molecule has 1 aliphatic rings. The molecule has 66 valence electrons. The number of hydrogen-bond acceptors (Lipinski definition) is 1. The molecule has 0 radical (unpaired) electrons. The lowest BCUT2D eigenvalue weighted by atomic mass is 9.95. The predicted octanol–water partition coefficient (Wildman–Crippen LogP) is 2.51. The van der Waals surface area contributed by atoms with E-state index in [9.17, 15) is 4.79 Å². The molecule has 0 spiro atoms. The van der Waals surface area contributed by atoms with Crippen molar-refractivity contribution >= 4 is 5.97 Å². The van der Waals surface area contributed by atoms with E-state index < -0.39 is 5.97 Å². The molecule has 2 heteroatoms. The lowest BCUT2D eigenvalue weighted by molar-refractivity contribution is -0.132. The SMILES string of the molecule is CC(=C=C1CCCCC1)C(=O)O. The number of carboxylic acids is 1. The van der Waals surface area contributed by atoms with Gasteiger partial charge < -0.3 is 5.11 Å².